The minimum atomic E-state index is -0.293. The molecule has 8 heteroatoms. The average Bonchev–Trinajstić information content (AvgIpc) is 3.83. The van der Waals surface area contributed by atoms with E-state index in [-0.39, 0.29) is 24.9 Å². The number of amides is 2. The summed E-state index contributed by atoms with van der Waals surface area (Å²) in [5.41, 5.74) is 16.2. The van der Waals surface area contributed by atoms with Crippen LogP contribution in [0.1, 0.15) is 50.1 Å². The molecule has 0 atom stereocenters. The molecule has 0 saturated carbocycles. The Hall–Kier alpha value is -9.24. The van der Waals surface area contributed by atoms with Crippen LogP contribution in [0, 0.1) is 45.6 Å². The normalized spacial score (nSPS) is 13.1. The van der Waals surface area contributed by atoms with Gasteiger partial charge < -0.3 is 19.6 Å². The number of hydrogen-bond donors (Lipinski definition) is 0. The van der Waals surface area contributed by atoms with E-state index in [1.54, 1.807) is 34.1 Å². The van der Waals surface area contributed by atoms with Crippen LogP contribution in [-0.4, -0.2) is 21.6 Å². The van der Waals surface area contributed by atoms with E-state index in [1.807, 2.05) is 72.8 Å². The van der Waals surface area contributed by atoms with E-state index in [0.717, 1.165) is 67.5 Å². The van der Waals surface area contributed by atoms with Crippen molar-refractivity contribution in [1.82, 2.24) is 9.80 Å². The number of carbonyl (C=O) groups excluding carboxylic acids is 2. The first-order valence-corrected chi connectivity index (χ1v) is 23.2. The summed E-state index contributed by atoms with van der Waals surface area (Å²) in [6, 6.07) is 66.4. The van der Waals surface area contributed by atoms with Crippen molar-refractivity contribution in [3.63, 3.8) is 0 Å². The van der Waals surface area contributed by atoms with Crippen molar-refractivity contribution < 1.29 is 9.59 Å². The van der Waals surface area contributed by atoms with Gasteiger partial charge in [-0.3, -0.25) is 9.59 Å². The molecule has 10 rings (SSSR count). The Morgan fingerprint density at radius 3 is 1.00 bits per heavy atom. The van der Waals surface area contributed by atoms with Gasteiger partial charge in [-0.15, -0.1) is 0 Å². The highest BCUT2D eigenvalue weighted by Gasteiger charge is 2.49. The van der Waals surface area contributed by atoms with Gasteiger partial charge in [0.25, 0.3) is 11.8 Å². The molecule has 0 N–H and O–H groups in total. The van der Waals surface area contributed by atoms with Crippen molar-refractivity contribution in [1.29, 1.82) is 5.26 Å². The molecule has 338 valence electrons. The number of benzene rings is 8. The van der Waals surface area contributed by atoms with Crippen LogP contribution in [0.4, 0.5) is 39.8 Å². The van der Waals surface area contributed by atoms with Gasteiger partial charge in [0, 0.05) is 34.1 Å². The Morgan fingerprint density at radius 1 is 0.429 bits per heavy atom. The molecule has 0 aliphatic carbocycles. The fourth-order valence-electron chi connectivity index (χ4n) is 9.23. The summed E-state index contributed by atoms with van der Waals surface area (Å²) >= 11 is 0. The van der Waals surface area contributed by atoms with Gasteiger partial charge in [-0.05, 0) is 135 Å². The molecule has 0 saturated heterocycles. The highest BCUT2D eigenvalue weighted by molar-refractivity contribution is 6.30. The first-order valence-electron chi connectivity index (χ1n) is 23.2. The predicted molar refractivity (Wildman–Crippen MR) is 280 cm³/mol. The third-order valence-corrected chi connectivity index (χ3v) is 13.0. The zero-order chi connectivity index (χ0) is 48.5. The van der Waals surface area contributed by atoms with Crippen LogP contribution in [0.25, 0.3) is 16.2 Å². The summed E-state index contributed by atoms with van der Waals surface area (Å²) in [6.07, 6.45) is 0. The third-order valence-electron chi connectivity index (χ3n) is 13.0. The fourth-order valence-corrected chi connectivity index (χ4v) is 9.23. The molecule has 0 fully saturated rings. The van der Waals surface area contributed by atoms with Crippen molar-refractivity contribution in [3.05, 3.63) is 267 Å². The van der Waals surface area contributed by atoms with Gasteiger partial charge in [0.1, 0.15) is 0 Å². The lowest BCUT2D eigenvalue weighted by Crippen LogP contribution is -2.29. The Bertz CT molecular complexity index is 3090. The van der Waals surface area contributed by atoms with Crippen molar-refractivity contribution >= 4 is 63.0 Å². The predicted octanol–water partition coefficient (Wildman–Crippen LogP) is 14.5. The van der Waals surface area contributed by atoms with Gasteiger partial charge in [-0.1, -0.05) is 131 Å². The SMILES string of the molecule is [C-]#[N+]c1ccc(CN2C(=O)C3=C(c4ccc(N(c5ccc(C)cc5)c5ccc(C)cc5)cc4)N(Cc4ccc(C#N)cc4)C(=O)C3=C2c2ccc(N(c3ccc(C)cc3)c3ccc(C)cc3)cc2)cc1. The van der Waals surface area contributed by atoms with Crippen molar-refractivity contribution in [2.75, 3.05) is 9.80 Å². The van der Waals surface area contributed by atoms with E-state index in [2.05, 4.69) is 145 Å². The van der Waals surface area contributed by atoms with Crippen LogP contribution in [0.2, 0.25) is 0 Å². The number of anilines is 6. The summed E-state index contributed by atoms with van der Waals surface area (Å²) in [7, 11) is 0. The van der Waals surface area contributed by atoms with E-state index in [1.165, 1.54) is 0 Å². The molecule has 0 radical (unpaired) electrons. The molecule has 0 spiro atoms. The van der Waals surface area contributed by atoms with Crippen LogP contribution >= 0.6 is 0 Å². The maximum absolute atomic E-state index is 15.5. The Balaban J connectivity index is 1.13. The average molecular weight is 909 g/mol. The van der Waals surface area contributed by atoms with Gasteiger partial charge in [-0.25, -0.2) is 4.85 Å². The topological polar surface area (TPSA) is 75.2 Å². The molecule has 2 aliphatic heterocycles. The second-order valence-electron chi connectivity index (χ2n) is 17.9. The first-order chi connectivity index (χ1) is 34.1. The van der Waals surface area contributed by atoms with E-state index in [9.17, 15) is 5.26 Å². The minimum Gasteiger partial charge on any atom is -0.311 e. The molecule has 70 heavy (non-hydrogen) atoms. The van der Waals surface area contributed by atoms with Gasteiger partial charge in [-0.2, -0.15) is 5.26 Å². The van der Waals surface area contributed by atoms with Crippen LogP contribution < -0.4 is 9.80 Å². The zero-order valence-electron chi connectivity index (χ0n) is 39.4. The summed E-state index contributed by atoms with van der Waals surface area (Å²) in [5, 5.41) is 9.60. The van der Waals surface area contributed by atoms with E-state index < -0.39 is 0 Å². The first kappa shape index (κ1) is 44.6. The summed E-state index contributed by atoms with van der Waals surface area (Å²) < 4.78 is 0. The Labute approximate surface area is 409 Å². The summed E-state index contributed by atoms with van der Waals surface area (Å²) in [6.45, 7) is 16.2. The molecule has 8 aromatic carbocycles. The molecule has 0 aromatic heterocycles. The third kappa shape index (κ3) is 8.63. The van der Waals surface area contributed by atoms with E-state index >= 15 is 9.59 Å². The van der Waals surface area contributed by atoms with Crippen LogP contribution in [0.5, 0.6) is 0 Å². The fraction of sp³-hybridized carbons (Fsp3) is 0.0968. The smallest absolute Gasteiger partial charge is 0.261 e. The molecule has 2 heterocycles. The molecule has 8 nitrogen and oxygen atoms in total. The lowest BCUT2D eigenvalue weighted by Gasteiger charge is -2.28. The summed E-state index contributed by atoms with van der Waals surface area (Å²) in [4.78, 5) is 42.3. The lowest BCUT2D eigenvalue weighted by molar-refractivity contribution is -0.124. The molecular formula is C62H48N6O2. The lowest BCUT2D eigenvalue weighted by atomic mass is 10.0. The number of aryl methyl sites for hydroxylation is 4. The van der Waals surface area contributed by atoms with Crippen LogP contribution in [-0.2, 0) is 22.7 Å². The van der Waals surface area contributed by atoms with Crippen LogP contribution in [0.3, 0.4) is 0 Å². The number of nitrogens with zero attached hydrogens (tertiary/aromatic N) is 6. The molecule has 0 bridgehead atoms. The number of fused-ring (bicyclic) bond motifs is 1. The number of nitriles is 1. The summed E-state index contributed by atoms with van der Waals surface area (Å²) in [5.74, 6) is -0.585. The monoisotopic (exact) mass is 908 g/mol. The van der Waals surface area contributed by atoms with E-state index in [0.29, 0.717) is 44.9 Å². The molecule has 0 unspecified atom stereocenters. The Kier molecular flexibility index (Phi) is 12.0. The molecule has 2 aliphatic rings. The standard InChI is InChI=1S/C62H48N6O2/c1-41-6-26-51(27-7-41)67(52-28-8-42(2)9-29-52)55-34-20-48(21-35-55)59-57-58(61(69)65(59)39-46-16-14-45(38-63)15-17-46)60(66(62(57)70)40-47-18-24-50(64-5)25-19-47)49-22-36-56(37-23-49)68(53-30-10-43(3)11-31-53)54-32-12-44(4)13-33-54/h6-37H,39-40H2,1-4H3. The maximum atomic E-state index is 15.5. The largest absolute Gasteiger partial charge is 0.311 e. The van der Waals surface area contributed by atoms with Gasteiger partial charge >= 0.3 is 0 Å². The van der Waals surface area contributed by atoms with Crippen molar-refractivity contribution in [3.8, 4) is 6.07 Å². The van der Waals surface area contributed by atoms with Gasteiger partial charge in [0.2, 0.25) is 0 Å². The van der Waals surface area contributed by atoms with Crippen LogP contribution in [0.15, 0.2) is 205 Å². The van der Waals surface area contributed by atoms with Gasteiger partial charge in [0.05, 0.1) is 53.8 Å². The van der Waals surface area contributed by atoms with E-state index in [4.69, 9.17) is 6.57 Å². The molecule has 2 amide bonds. The highest BCUT2D eigenvalue weighted by atomic mass is 16.2. The van der Waals surface area contributed by atoms with Crippen molar-refractivity contribution in [2.24, 2.45) is 0 Å². The Morgan fingerprint density at radius 2 is 0.714 bits per heavy atom. The molecule has 8 aromatic rings. The highest BCUT2D eigenvalue weighted by Crippen LogP contribution is 2.49. The zero-order valence-corrected chi connectivity index (χ0v) is 39.4. The second-order valence-corrected chi connectivity index (χ2v) is 17.9. The molecular weight excluding hydrogens is 861 g/mol. The number of rotatable bonds is 12. The maximum Gasteiger partial charge on any atom is 0.261 e. The van der Waals surface area contributed by atoms with Crippen molar-refractivity contribution in [2.45, 2.75) is 40.8 Å². The number of hydrogen-bond acceptors (Lipinski definition) is 5. The minimum absolute atomic E-state index is 0.174. The quantitative estimate of drug-likeness (QED) is 0.114. The van der Waals surface area contributed by atoms with Gasteiger partial charge in [0.15, 0.2) is 5.69 Å². The number of carbonyl (C=O) groups is 2. The second kappa shape index (κ2) is 18.8.